The van der Waals surface area contributed by atoms with Crippen molar-refractivity contribution in [2.45, 2.75) is 39.5 Å². The van der Waals surface area contributed by atoms with Crippen molar-refractivity contribution < 1.29 is 22.7 Å². The van der Waals surface area contributed by atoms with E-state index in [9.17, 15) is 13.2 Å². The van der Waals surface area contributed by atoms with Crippen LogP contribution >= 0.6 is 0 Å². The van der Waals surface area contributed by atoms with Gasteiger partial charge in [-0.3, -0.25) is 4.79 Å². The fourth-order valence-electron chi connectivity index (χ4n) is 4.87. The Hall–Kier alpha value is -1.60. The first-order valence-electron chi connectivity index (χ1n) is 9.37. The molecule has 3 rings (SSSR count). The summed E-state index contributed by atoms with van der Waals surface area (Å²) >= 11 is 0. The largest absolute Gasteiger partial charge is 0.493 e. The van der Waals surface area contributed by atoms with Crippen molar-refractivity contribution in [2.75, 3.05) is 26.5 Å². The van der Waals surface area contributed by atoms with Gasteiger partial charge in [-0.05, 0) is 48.3 Å². The van der Waals surface area contributed by atoms with Crippen LogP contribution in [0.1, 0.15) is 38.7 Å². The monoisotopic (exact) mass is 395 g/mol. The predicted molar refractivity (Wildman–Crippen MR) is 104 cm³/mol. The molecule has 2 aliphatic rings. The predicted octanol–water partition coefficient (Wildman–Crippen LogP) is 2.56. The molecule has 0 saturated heterocycles. The topological polar surface area (TPSA) is 81.7 Å². The first-order chi connectivity index (χ1) is 12.6. The molecule has 0 unspecified atom stereocenters. The summed E-state index contributed by atoms with van der Waals surface area (Å²) in [6.45, 7) is 4.38. The smallest absolute Gasteiger partial charge is 0.212 e. The Morgan fingerprint density at radius 3 is 2.44 bits per heavy atom. The maximum absolute atomic E-state index is 12.7. The molecule has 1 N–H and O–H groups in total. The van der Waals surface area contributed by atoms with Gasteiger partial charge in [0.1, 0.15) is 5.78 Å². The highest BCUT2D eigenvalue weighted by Crippen LogP contribution is 2.64. The van der Waals surface area contributed by atoms with E-state index in [1.54, 1.807) is 20.3 Å². The number of benzene rings is 1. The lowest BCUT2D eigenvalue weighted by Gasteiger charge is -2.36. The zero-order chi connectivity index (χ0) is 19.9. The number of hydrogen-bond acceptors (Lipinski definition) is 5. The van der Waals surface area contributed by atoms with E-state index in [0.717, 1.165) is 12.0 Å². The van der Waals surface area contributed by atoms with E-state index in [0.29, 0.717) is 36.7 Å². The number of carbonyl (C=O) groups excluding carboxylic acids is 1. The number of ether oxygens (including phenoxy) is 2. The third-order valence-electron chi connectivity index (χ3n) is 6.76. The molecule has 27 heavy (non-hydrogen) atoms. The van der Waals surface area contributed by atoms with E-state index in [2.05, 4.69) is 18.6 Å². The summed E-state index contributed by atoms with van der Waals surface area (Å²) in [4.78, 5) is 12.6. The van der Waals surface area contributed by atoms with E-state index >= 15 is 0 Å². The molecule has 2 atom stereocenters. The van der Waals surface area contributed by atoms with Crippen LogP contribution in [0.5, 0.6) is 11.5 Å². The molecule has 0 spiro atoms. The molecule has 0 aromatic heterocycles. The van der Waals surface area contributed by atoms with Gasteiger partial charge in [-0.25, -0.2) is 13.1 Å². The first kappa shape index (κ1) is 20.1. The van der Waals surface area contributed by atoms with Gasteiger partial charge in [0.05, 0.1) is 20.0 Å². The average molecular weight is 396 g/mol. The molecule has 7 heteroatoms. The Morgan fingerprint density at radius 2 is 1.89 bits per heavy atom. The number of hydrogen-bond donors (Lipinski definition) is 1. The Kier molecular flexibility index (Phi) is 5.29. The van der Waals surface area contributed by atoms with Gasteiger partial charge in [0, 0.05) is 18.4 Å². The molecule has 2 aliphatic carbocycles. The lowest BCUT2D eigenvalue weighted by atomic mass is 9.70. The minimum atomic E-state index is -3.54. The third-order valence-corrected chi connectivity index (χ3v) is 8.28. The van der Waals surface area contributed by atoms with Gasteiger partial charge in [-0.15, -0.1) is 0 Å². The SMILES string of the molecule is COc1ccc(CCNS(=O)(=O)C[C@@]23CC[C@@H](CC2=O)C3(C)C)cc1OC. The molecular formula is C20H29NO5S. The van der Waals surface area contributed by atoms with E-state index in [1.165, 1.54) is 0 Å². The Morgan fingerprint density at radius 1 is 1.19 bits per heavy atom. The van der Waals surface area contributed by atoms with Crippen molar-refractivity contribution in [1.82, 2.24) is 4.72 Å². The number of fused-ring (bicyclic) bond motifs is 2. The number of sulfonamides is 1. The van der Waals surface area contributed by atoms with Gasteiger partial charge in [0.2, 0.25) is 10.0 Å². The minimum Gasteiger partial charge on any atom is -0.493 e. The van der Waals surface area contributed by atoms with E-state index in [1.807, 2.05) is 12.1 Å². The fourth-order valence-corrected chi connectivity index (χ4v) is 6.71. The van der Waals surface area contributed by atoms with Crippen LogP contribution in [0.15, 0.2) is 18.2 Å². The number of nitrogens with one attached hydrogen (secondary N) is 1. The van der Waals surface area contributed by atoms with Gasteiger partial charge in [-0.1, -0.05) is 19.9 Å². The lowest BCUT2D eigenvalue weighted by Crippen LogP contribution is -2.45. The molecule has 0 radical (unpaired) electrons. The molecule has 2 bridgehead atoms. The second-order valence-electron chi connectivity index (χ2n) is 8.26. The standard InChI is InChI=1S/C20H29NO5S/c1-19(2)15-7-9-20(19,18(22)12-15)13-27(23,24)21-10-8-14-5-6-16(25-3)17(11-14)26-4/h5-6,11,15,21H,7-10,12-13H2,1-4H3/t15-,20-/m0/s1. The Bertz CT molecular complexity index is 833. The molecule has 2 fully saturated rings. The van der Waals surface area contributed by atoms with Crippen LogP contribution in [0, 0.1) is 16.7 Å². The van der Waals surface area contributed by atoms with Crippen LogP contribution in [-0.2, 0) is 21.2 Å². The van der Waals surface area contributed by atoms with Crippen molar-refractivity contribution in [2.24, 2.45) is 16.7 Å². The van der Waals surface area contributed by atoms with Gasteiger partial charge in [0.15, 0.2) is 11.5 Å². The average Bonchev–Trinajstić information content (AvgIpc) is 2.95. The fraction of sp³-hybridized carbons (Fsp3) is 0.650. The molecular weight excluding hydrogens is 366 g/mol. The zero-order valence-corrected chi connectivity index (χ0v) is 17.3. The highest BCUT2D eigenvalue weighted by molar-refractivity contribution is 7.89. The molecule has 1 aromatic rings. The quantitative estimate of drug-likeness (QED) is 0.732. The summed E-state index contributed by atoms with van der Waals surface area (Å²) in [5.74, 6) is 1.58. The minimum absolute atomic E-state index is 0.103. The summed E-state index contributed by atoms with van der Waals surface area (Å²) in [5, 5.41) is 0. The summed E-state index contributed by atoms with van der Waals surface area (Å²) in [7, 11) is -0.396. The van der Waals surface area contributed by atoms with Crippen molar-refractivity contribution >= 4 is 15.8 Å². The zero-order valence-electron chi connectivity index (χ0n) is 16.5. The van der Waals surface area contributed by atoms with E-state index in [4.69, 9.17) is 9.47 Å². The maximum Gasteiger partial charge on any atom is 0.212 e. The first-order valence-corrected chi connectivity index (χ1v) is 11.0. The summed E-state index contributed by atoms with van der Waals surface area (Å²) in [6, 6.07) is 5.54. The summed E-state index contributed by atoms with van der Waals surface area (Å²) in [6.07, 6.45) is 2.68. The lowest BCUT2D eigenvalue weighted by molar-refractivity contribution is -0.128. The molecule has 6 nitrogen and oxygen atoms in total. The van der Waals surface area contributed by atoms with Crippen molar-refractivity contribution in [3.05, 3.63) is 23.8 Å². The van der Waals surface area contributed by atoms with Crippen LogP contribution in [0.2, 0.25) is 0 Å². The summed E-state index contributed by atoms with van der Waals surface area (Å²) < 4.78 is 38.6. The molecule has 150 valence electrons. The number of rotatable bonds is 8. The van der Waals surface area contributed by atoms with Crippen LogP contribution in [-0.4, -0.2) is 40.7 Å². The highest BCUT2D eigenvalue weighted by atomic mass is 32.2. The molecule has 1 aromatic carbocycles. The second kappa shape index (κ2) is 7.09. The molecule has 0 amide bonds. The normalized spacial score (nSPS) is 26.4. The second-order valence-corrected chi connectivity index (χ2v) is 10.1. The van der Waals surface area contributed by atoms with E-state index in [-0.39, 0.29) is 23.5 Å². The third kappa shape index (κ3) is 3.47. The van der Waals surface area contributed by atoms with Gasteiger partial charge in [0.25, 0.3) is 0 Å². The van der Waals surface area contributed by atoms with Crippen LogP contribution in [0.3, 0.4) is 0 Å². The van der Waals surface area contributed by atoms with Gasteiger partial charge < -0.3 is 9.47 Å². The summed E-state index contributed by atoms with van der Waals surface area (Å²) in [5.41, 5.74) is -0.0265. The van der Waals surface area contributed by atoms with E-state index < -0.39 is 15.4 Å². The van der Waals surface area contributed by atoms with Crippen molar-refractivity contribution in [1.29, 1.82) is 0 Å². The highest BCUT2D eigenvalue weighted by Gasteiger charge is 2.65. The van der Waals surface area contributed by atoms with Gasteiger partial charge in [-0.2, -0.15) is 0 Å². The number of methoxy groups -OCH3 is 2. The molecule has 0 heterocycles. The van der Waals surface area contributed by atoms with Crippen molar-refractivity contribution in [3.63, 3.8) is 0 Å². The van der Waals surface area contributed by atoms with Crippen LogP contribution < -0.4 is 14.2 Å². The Labute approximate surface area is 161 Å². The number of carbonyl (C=O) groups is 1. The van der Waals surface area contributed by atoms with Crippen molar-refractivity contribution in [3.8, 4) is 11.5 Å². The number of Topliss-reactive ketones (excluding diaryl/α,β-unsaturated/α-hetero) is 1. The Balaban J connectivity index is 1.64. The van der Waals surface area contributed by atoms with Gasteiger partial charge >= 0.3 is 0 Å². The number of ketones is 1. The van der Waals surface area contributed by atoms with Crippen LogP contribution in [0.25, 0.3) is 0 Å². The molecule has 0 aliphatic heterocycles. The maximum atomic E-state index is 12.7. The van der Waals surface area contributed by atoms with Crippen LogP contribution in [0.4, 0.5) is 0 Å². The molecule has 2 saturated carbocycles.